The molecule has 0 amide bonds. The summed E-state index contributed by atoms with van der Waals surface area (Å²) in [5.74, 6) is 3.91. The minimum atomic E-state index is 0.543. The molecule has 4 heteroatoms. The van der Waals surface area contributed by atoms with Gasteiger partial charge in [0.05, 0.1) is 6.04 Å². The van der Waals surface area contributed by atoms with Gasteiger partial charge in [0.1, 0.15) is 0 Å². The fraction of sp³-hybridized carbons (Fsp3) is 0.636. The smallest absolute Gasteiger partial charge is 0.0541 e. The van der Waals surface area contributed by atoms with Crippen LogP contribution in [0.3, 0.4) is 0 Å². The molecule has 0 bridgehead atoms. The van der Waals surface area contributed by atoms with Gasteiger partial charge in [-0.25, -0.2) is 0 Å². The second-order valence-corrected chi connectivity index (χ2v) is 7.52. The molecule has 15 heavy (non-hydrogen) atoms. The van der Waals surface area contributed by atoms with Gasteiger partial charge in [0, 0.05) is 32.3 Å². The molecule has 1 aromatic heterocycles. The number of nitrogens with one attached hydrogen (secondary N) is 1. The molecule has 2 unspecified atom stereocenters. The lowest BCUT2D eigenvalue weighted by Crippen LogP contribution is -2.30. The first-order valence-corrected chi connectivity index (χ1v) is 8.26. The SMILES string of the molecule is CNC(c1ccc(C)s1)C1CSCCS1. The Labute approximate surface area is 104 Å². The summed E-state index contributed by atoms with van der Waals surface area (Å²) in [7, 11) is 2.08. The van der Waals surface area contributed by atoms with E-state index in [1.807, 2.05) is 11.3 Å². The summed E-state index contributed by atoms with van der Waals surface area (Å²) in [5.41, 5.74) is 0. The first kappa shape index (κ1) is 11.8. The van der Waals surface area contributed by atoms with Gasteiger partial charge in [0.25, 0.3) is 0 Å². The van der Waals surface area contributed by atoms with E-state index in [2.05, 4.69) is 54.9 Å². The molecule has 84 valence electrons. The Morgan fingerprint density at radius 2 is 2.27 bits per heavy atom. The fourth-order valence-electron chi connectivity index (χ4n) is 1.83. The molecule has 0 aliphatic carbocycles. The number of thiophene rings is 1. The van der Waals surface area contributed by atoms with Crippen molar-refractivity contribution >= 4 is 34.9 Å². The number of aryl methyl sites for hydroxylation is 1. The average molecular weight is 259 g/mol. The number of hydrogen-bond acceptors (Lipinski definition) is 4. The van der Waals surface area contributed by atoms with Crippen LogP contribution in [0.1, 0.15) is 15.8 Å². The summed E-state index contributed by atoms with van der Waals surface area (Å²) in [5, 5.41) is 4.22. The van der Waals surface area contributed by atoms with Gasteiger partial charge < -0.3 is 5.32 Å². The Hall–Kier alpha value is 0.360. The molecule has 2 rings (SSSR count). The van der Waals surface area contributed by atoms with E-state index in [1.165, 1.54) is 27.0 Å². The summed E-state index contributed by atoms with van der Waals surface area (Å²) in [6, 6.07) is 5.05. The predicted octanol–water partition coefficient (Wildman–Crippen LogP) is 3.17. The third kappa shape index (κ3) is 2.93. The van der Waals surface area contributed by atoms with Crippen LogP contribution in [0.15, 0.2) is 12.1 Å². The van der Waals surface area contributed by atoms with Crippen LogP contribution in [0, 0.1) is 6.92 Å². The third-order valence-corrected chi connectivity index (χ3v) is 6.54. The van der Waals surface area contributed by atoms with Crippen molar-refractivity contribution in [3.05, 3.63) is 21.9 Å². The van der Waals surface area contributed by atoms with Gasteiger partial charge in [-0.1, -0.05) is 0 Å². The quantitative estimate of drug-likeness (QED) is 0.895. The fourth-order valence-corrected chi connectivity index (χ4v) is 5.87. The van der Waals surface area contributed by atoms with Crippen LogP contribution in [-0.4, -0.2) is 29.6 Å². The molecule has 1 aliphatic heterocycles. The van der Waals surface area contributed by atoms with Gasteiger partial charge in [-0.15, -0.1) is 11.3 Å². The molecule has 1 saturated heterocycles. The van der Waals surface area contributed by atoms with Crippen LogP contribution in [0.4, 0.5) is 0 Å². The van der Waals surface area contributed by atoms with Crippen molar-refractivity contribution in [3.63, 3.8) is 0 Å². The first-order valence-electron chi connectivity index (χ1n) is 5.24. The molecule has 2 heterocycles. The molecular formula is C11H17NS3. The second kappa shape index (κ2) is 5.62. The predicted molar refractivity (Wildman–Crippen MR) is 74.4 cm³/mol. The Morgan fingerprint density at radius 1 is 1.40 bits per heavy atom. The van der Waals surface area contributed by atoms with E-state index in [4.69, 9.17) is 0 Å². The maximum atomic E-state index is 3.48. The van der Waals surface area contributed by atoms with Crippen molar-refractivity contribution in [1.29, 1.82) is 0 Å². The highest BCUT2D eigenvalue weighted by Crippen LogP contribution is 2.35. The van der Waals surface area contributed by atoms with Crippen LogP contribution in [0.25, 0.3) is 0 Å². The number of rotatable bonds is 3. The molecule has 2 atom stereocenters. The minimum absolute atomic E-state index is 0.543. The lowest BCUT2D eigenvalue weighted by atomic mass is 10.2. The second-order valence-electron chi connectivity index (χ2n) is 3.70. The topological polar surface area (TPSA) is 12.0 Å². The first-order chi connectivity index (χ1) is 7.31. The largest absolute Gasteiger partial charge is 0.311 e. The highest BCUT2D eigenvalue weighted by Gasteiger charge is 2.25. The van der Waals surface area contributed by atoms with Gasteiger partial charge in [-0.3, -0.25) is 0 Å². The zero-order chi connectivity index (χ0) is 10.7. The van der Waals surface area contributed by atoms with Crippen molar-refractivity contribution in [2.45, 2.75) is 18.2 Å². The van der Waals surface area contributed by atoms with Gasteiger partial charge in [0.15, 0.2) is 0 Å². The lowest BCUT2D eigenvalue weighted by Gasteiger charge is -2.28. The summed E-state index contributed by atoms with van der Waals surface area (Å²) in [6.45, 7) is 2.18. The standard InChI is InChI=1S/C11H17NS3/c1-8-3-4-9(15-8)11(12-2)10-7-13-5-6-14-10/h3-4,10-12H,5-7H2,1-2H3. The van der Waals surface area contributed by atoms with Gasteiger partial charge >= 0.3 is 0 Å². The summed E-state index contributed by atoms with van der Waals surface area (Å²) in [6.07, 6.45) is 0. The van der Waals surface area contributed by atoms with E-state index >= 15 is 0 Å². The Bertz CT molecular complexity index is 305. The summed E-state index contributed by atoms with van der Waals surface area (Å²) >= 11 is 6.14. The molecule has 1 fully saturated rings. The Balaban J connectivity index is 2.08. The van der Waals surface area contributed by atoms with Crippen molar-refractivity contribution in [2.24, 2.45) is 0 Å². The zero-order valence-electron chi connectivity index (χ0n) is 9.16. The van der Waals surface area contributed by atoms with Gasteiger partial charge in [-0.05, 0) is 26.1 Å². The molecule has 0 aromatic carbocycles. The molecule has 1 aliphatic rings. The van der Waals surface area contributed by atoms with E-state index in [0.29, 0.717) is 6.04 Å². The van der Waals surface area contributed by atoms with Crippen molar-refractivity contribution < 1.29 is 0 Å². The third-order valence-electron chi connectivity index (χ3n) is 2.59. The maximum Gasteiger partial charge on any atom is 0.0541 e. The highest BCUT2D eigenvalue weighted by atomic mass is 32.2. The van der Waals surface area contributed by atoms with Gasteiger partial charge in [-0.2, -0.15) is 23.5 Å². The zero-order valence-corrected chi connectivity index (χ0v) is 11.6. The Kier molecular flexibility index (Phi) is 4.43. The molecule has 1 nitrogen and oxygen atoms in total. The van der Waals surface area contributed by atoms with Crippen molar-refractivity contribution in [2.75, 3.05) is 24.3 Å². The van der Waals surface area contributed by atoms with Crippen molar-refractivity contribution in [3.8, 4) is 0 Å². The van der Waals surface area contributed by atoms with Crippen LogP contribution >= 0.6 is 34.9 Å². The highest BCUT2D eigenvalue weighted by molar-refractivity contribution is 8.06. The number of hydrogen-bond donors (Lipinski definition) is 1. The number of thioether (sulfide) groups is 2. The molecule has 0 spiro atoms. The van der Waals surface area contributed by atoms with Crippen LogP contribution in [-0.2, 0) is 0 Å². The molecule has 1 aromatic rings. The van der Waals surface area contributed by atoms with E-state index in [0.717, 1.165) is 5.25 Å². The molecule has 0 saturated carbocycles. The van der Waals surface area contributed by atoms with Crippen molar-refractivity contribution in [1.82, 2.24) is 5.32 Å². The summed E-state index contributed by atoms with van der Waals surface area (Å²) < 4.78 is 0. The van der Waals surface area contributed by atoms with E-state index in [-0.39, 0.29) is 0 Å². The molecular weight excluding hydrogens is 242 g/mol. The van der Waals surface area contributed by atoms with Gasteiger partial charge in [0.2, 0.25) is 0 Å². The normalized spacial score (nSPS) is 24.0. The maximum absolute atomic E-state index is 3.48. The summed E-state index contributed by atoms with van der Waals surface area (Å²) in [4.78, 5) is 2.91. The monoisotopic (exact) mass is 259 g/mol. The average Bonchev–Trinajstić information content (AvgIpc) is 2.68. The van der Waals surface area contributed by atoms with Crippen LogP contribution < -0.4 is 5.32 Å². The lowest BCUT2D eigenvalue weighted by molar-refractivity contribution is 0.602. The Morgan fingerprint density at radius 3 is 2.80 bits per heavy atom. The van der Waals surface area contributed by atoms with Crippen LogP contribution in [0.5, 0.6) is 0 Å². The van der Waals surface area contributed by atoms with E-state index < -0.39 is 0 Å². The van der Waals surface area contributed by atoms with Crippen LogP contribution in [0.2, 0.25) is 0 Å². The van der Waals surface area contributed by atoms with E-state index in [1.54, 1.807) is 0 Å². The van der Waals surface area contributed by atoms with E-state index in [9.17, 15) is 0 Å². The molecule has 0 radical (unpaired) electrons. The minimum Gasteiger partial charge on any atom is -0.311 e. The molecule has 1 N–H and O–H groups in total.